The zero-order chi connectivity index (χ0) is 14.9. The van der Waals surface area contributed by atoms with Crippen LogP contribution in [0.4, 0.5) is 5.69 Å². The molecule has 2 N–H and O–H groups in total. The van der Waals surface area contributed by atoms with Gasteiger partial charge in [0.25, 0.3) is 10.0 Å². The first-order valence-electron chi connectivity index (χ1n) is 6.34. The van der Waals surface area contributed by atoms with Gasteiger partial charge in [-0.3, -0.25) is 4.72 Å². The fourth-order valence-corrected chi connectivity index (χ4v) is 3.79. The molecular formula is C12H13BrN4O3S. The zero-order valence-corrected chi connectivity index (χ0v) is 13.3. The maximum atomic E-state index is 12.3. The lowest BCUT2D eigenvalue weighted by molar-refractivity contribution is 0.460. The molecule has 0 amide bonds. The lowest BCUT2D eigenvalue weighted by Gasteiger charge is -2.04. The summed E-state index contributed by atoms with van der Waals surface area (Å²) < 4.78 is 32.6. The van der Waals surface area contributed by atoms with Gasteiger partial charge in [-0.1, -0.05) is 0 Å². The number of aromatic nitrogens is 2. The van der Waals surface area contributed by atoms with E-state index < -0.39 is 10.0 Å². The second-order valence-corrected chi connectivity index (χ2v) is 7.11. The van der Waals surface area contributed by atoms with E-state index in [2.05, 4.69) is 35.9 Å². The van der Waals surface area contributed by atoms with E-state index in [-0.39, 0.29) is 9.56 Å². The van der Waals surface area contributed by atoms with Gasteiger partial charge >= 0.3 is 0 Å². The minimum atomic E-state index is -3.74. The Morgan fingerprint density at radius 2 is 2.05 bits per heavy atom. The Morgan fingerprint density at radius 3 is 2.71 bits per heavy atom. The van der Waals surface area contributed by atoms with Crippen molar-refractivity contribution in [1.29, 1.82) is 0 Å². The molecule has 3 rings (SSSR count). The minimum Gasteiger partial charge on any atom is -0.451 e. The van der Waals surface area contributed by atoms with E-state index in [1.165, 1.54) is 24.8 Å². The smallest absolute Gasteiger partial charge is 0.266 e. The van der Waals surface area contributed by atoms with Crippen molar-refractivity contribution >= 4 is 31.6 Å². The molecule has 0 unspecified atom stereocenters. The molecule has 0 radical (unpaired) electrons. The molecule has 0 aromatic carbocycles. The van der Waals surface area contributed by atoms with Gasteiger partial charge in [-0.2, -0.15) is 0 Å². The highest BCUT2D eigenvalue weighted by Gasteiger charge is 2.25. The van der Waals surface area contributed by atoms with Crippen molar-refractivity contribution in [1.82, 2.24) is 15.3 Å². The van der Waals surface area contributed by atoms with Crippen LogP contribution in [0.5, 0.6) is 0 Å². The fraction of sp³-hybridized carbons (Fsp3) is 0.333. The van der Waals surface area contributed by atoms with Gasteiger partial charge in [0.2, 0.25) is 0 Å². The number of halogens is 1. The fourth-order valence-electron chi connectivity index (χ4n) is 1.76. The molecule has 9 heteroatoms. The van der Waals surface area contributed by atoms with Crippen LogP contribution in [-0.2, 0) is 16.6 Å². The Balaban J connectivity index is 1.77. The van der Waals surface area contributed by atoms with Crippen molar-refractivity contribution in [3.63, 3.8) is 0 Å². The Hall–Kier alpha value is -1.45. The number of hydrogen-bond acceptors (Lipinski definition) is 6. The number of nitrogens with zero attached hydrogens (tertiary/aromatic N) is 2. The molecule has 7 nitrogen and oxygen atoms in total. The molecule has 1 aliphatic rings. The predicted molar refractivity (Wildman–Crippen MR) is 79.1 cm³/mol. The highest BCUT2D eigenvalue weighted by molar-refractivity contribution is 9.10. The minimum absolute atomic E-state index is 0.0546. The number of anilines is 1. The summed E-state index contributed by atoms with van der Waals surface area (Å²) in [5.41, 5.74) is 0.295. The Labute approximate surface area is 130 Å². The summed E-state index contributed by atoms with van der Waals surface area (Å²) in [6.45, 7) is 0.507. The molecule has 112 valence electrons. The van der Waals surface area contributed by atoms with E-state index in [0.29, 0.717) is 24.0 Å². The number of furan rings is 1. The highest BCUT2D eigenvalue weighted by atomic mass is 79.9. The molecule has 2 heterocycles. The number of hydrogen-bond donors (Lipinski definition) is 2. The molecule has 0 bridgehead atoms. The van der Waals surface area contributed by atoms with Gasteiger partial charge in [0, 0.05) is 12.1 Å². The average Bonchev–Trinajstić information content (AvgIpc) is 3.19. The molecule has 0 atom stereocenters. The van der Waals surface area contributed by atoms with Crippen LogP contribution in [0.1, 0.15) is 18.6 Å². The largest absolute Gasteiger partial charge is 0.451 e. The first kappa shape index (κ1) is 14.5. The van der Waals surface area contributed by atoms with Gasteiger partial charge in [0.05, 0.1) is 24.6 Å². The first-order chi connectivity index (χ1) is 10.0. The molecule has 1 saturated carbocycles. The van der Waals surface area contributed by atoms with Gasteiger partial charge < -0.3 is 9.73 Å². The van der Waals surface area contributed by atoms with Crippen LogP contribution in [0.25, 0.3) is 0 Å². The Kier molecular flexibility index (Phi) is 3.96. The topological polar surface area (TPSA) is 97.1 Å². The van der Waals surface area contributed by atoms with Crippen LogP contribution in [0, 0.1) is 0 Å². The highest BCUT2D eigenvalue weighted by Crippen LogP contribution is 2.28. The maximum Gasteiger partial charge on any atom is 0.266 e. The van der Waals surface area contributed by atoms with Gasteiger partial charge in [0.15, 0.2) is 4.67 Å². The monoisotopic (exact) mass is 372 g/mol. The summed E-state index contributed by atoms with van der Waals surface area (Å²) in [4.78, 5) is 7.58. The van der Waals surface area contributed by atoms with Crippen LogP contribution in [-0.4, -0.2) is 24.4 Å². The predicted octanol–water partition coefficient (Wildman–Crippen LogP) is 1.88. The molecule has 0 aliphatic heterocycles. The summed E-state index contributed by atoms with van der Waals surface area (Å²) >= 11 is 3.14. The molecule has 0 saturated heterocycles. The lowest BCUT2D eigenvalue weighted by Crippen LogP contribution is -2.15. The molecular weight excluding hydrogens is 360 g/mol. The van der Waals surface area contributed by atoms with Crippen LogP contribution < -0.4 is 10.0 Å². The number of nitrogens with one attached hydrogen (secondary N) is 2. The van der Waals surface area contributed by atoms with Crippen molar-refractivity contribution in [2.45, 2.75) is 30.3 Å². The molecule has 0 spiro atoms. The van der Waals surface area contributed by atoms with Gasteiger partial charge in [-0.05, 0) is 28.8 Å². The van der Waals surface area contributed by atoms with Crippen LogP contribution in [0.3, 0.4) is 0 Å². The van der Waals surface area contributed by atoms with E-state index >= 15 is 0 Å². The summed E-state index contributed by atoms with van der Waals surface area (Å²) in [5, 5.41) is 3.26. The quantitative estimate of drug-likeness (QED) is 0.803. The zero-order valence-electron chi connectivity index (χ0n) is 10.9. The van der Waals surface area contributed by atoms with E-state index in [1.54, 1.807) is 0 Å². The molecule has 21 heavy (non-hydrogen) atoms. The van der Waals surface area contributed by atoms with Crippen molar-refractivity contribution in [2.24, 2.45) is 0 Å². The third-order valence-electron chi connectivity index (χ3n) is 2.95. The van der Waals surface area contributed by atoms with Crippen molar-refractivity contribution in [2.75, 3.05) is 4.72 Å². The molecule has 2 aromatic heterocycles. The normalized spacial score (nSPS) is 15.1. The molecule has 1 fully saturated rings. The first-order valence-corrected chi connectivity index (χ1v) is 8.61. The summed E-state index contributed by atoms with van der Waals surface area (Å²) in [6.07, 6.45) is 6.40. The maximum absolute atomic E-state index is 12.3. The summed E-state index contributed by atoms with van der Waals surface area (Å²) in [7, 11) is -3.74. The van der Waals surface area contributed by atoms with E-state index in [1.807, 2.05) is 0 Å². The lowest BCUT2D eigenvalue weighted by atomic mass is 10.4. The SMILES string of the molecule is O=S(=O)(Nc1cncnc1)c1cc(CNC2CC2)oc1Br. The second kappa shape index (κ2) is 5.74. The molecule has 1 aliphatic carbocycles. The van der Waals surface area contributed by atoms with Crippen LogP contribution in [0.2, 0.25) is 0 Å². The number of rotatable bonds is 6. The third kappa shape index (κ3) is 3.60. The average molecular weight is 373 g/mol. The molecule has 2 aromatic rings. The van der Waals surface area contributed by atoms with Gasteiger partial charge in [-0.15, -0.1) is 0 Å². The Bertz CT molecular complexity index is 728. The Morgan fingerprint density at radius 1 is 1.33 bits per heavy atom. The van der Waals surface area contributed by atoms with Crippen LogP contribution >= 0.6 is 15.9 Å². The summed E-state index contributed by atoms with van der Waals surface area (Å²) in [6, 6.07) is 2.03. The summed E-state index contributed by atoms with van der Waals surface area (Å²) in [5.74, 6) is 0.568. The van der Waals surface area contributed by atoms with E-state index in [0.717, 1.165) is 12.8 Å². The van der Waals surface area contributed by atoms with Crippen molar-refractivity contribution < 1.29 is 12.8 Å². The van der Waals surface area contributed by atoms with Crippen LogP contribution in [0.15, 0.2) is 38.8 Å². The van der Waals surface area contributed by atoms with E-state index in [4.69, 9.17) is 4.42 Å². The van der Waals surface area contributed by atoms with Crippen molar-refractivity contribution in [3.8, 4) is 0 Å². The van der Waals surface area contributed by atoms with E-state index in [9.17, 15) is 8.42 Å². The van der Waals surface area contributed by atoms with Crippen molar-refractivity contribution in [3.05, 3.63) is 35.2 Å². The third-order valence-corrected chi connectivity index (χ3v) is 5.19. The van der Waals surface area contributed by atoms with Gasteiger partial charge in [-0.25, -0.2) is 18.4 Å². The van der Waals surface area contributed by atoms with Gasteiger partial charge in [0.1, 0.15) is 17.0 Å². The standard InChI is InChI=1S/C12H13BrN4O3S/c13-12-11(3-10(20-12)6-16-8-1-2-8)21(18,19)17-9-4-14-7-15-5-9/h3-5,7-8,16-17H,1-2,6H2. The second-order valence-electron chi connectivity index (χ2n) is 4.74. The number of sulfonamides is 1.